The summed E-state index contributed by atoms with van der Waals surface area (Å²) in [6, 6.07) is 27.5. The normalized spacial score (nSPS) is 23.9. The van der Waals surface area contributed by atoms with Gasteiger partial charge in [-0.15, -0.1) is 0 Å². The number of ketones is 2. The summed E-state index contributed by atoms with van der Waals surface area (Å²) in [5, 5.41) is 3.61. The lowest BCUT2D eigenvalue weighted by molar-refractivity contribution is -0.121. The number of nitrogens with zero attached hydrogens (tertiary/aromatic N) is 1. The number of carbonyl (C=O) groups is 3. The summed E-state index contributed by atoms with van der Waals surface area (Å²) in [7, 11) is 0. The largest absolute Gasteiger partial charge is 0.352 e. The minimum absolute atomic E-state index is 0.225. The van der Waals surface area contributed by atoms with Gasteiger partial charge in [-0.3, -0.25) is 14.4 Å². The van der Waals surface area contributed by atoms with Gasteiger partial charge < -0.3 is 10.2 Å². The Morgan fingerprint density at radius 1 is 0.850 bits per heavy atom. The maximum atomic E-state index is 14.7. The Morgan fingerprint density at radius 2 is 1.55 bits per heavy atom. The first-order valence-electron chi connectivity index (χ1n) is 13.0. The third kappa shape index (κ3) is 3.49. The van der Waals surface area contributed by atoms with Crippen LogP contribution in [0.3, 0.4) is 0 Å². The molecule has 0 bridgehead atoms. The lowest BCUT2D eigenvalue weighted by atomic mass is 9.64. The van der Waals surface area contributed by atoms with Gasteiger partial charge in [0, 0.05) is 32.0 Å². The van der Waals surface area contributed by atoms with E-state index in [-0.39, 0.29) is 17.5 Å². The molecular weight excluding hydrogens is 588 g/mol. The number of Topliss-reactive ketones (excluding diaryl/α,β-unsaturated/α-hetero) is 2. The standard InChI is InChI=1S/C33H22BrClN2O3/c34-22-13-10-20(11-14-22)31(39)29-28(30(38)19-6-2-1-3-7-19)33(24-8-4-5-9-25(24)36-32(33)40)27-17-12-21-18-23(35)15-16-26(21)37(27)29/h1-18,27-29H,(H,36,40)/t27-,28-,29+,33+/m1/s1. The van der Waals surface area contributed by atoms with E-state index in [0.717, 1.165) is 21.3 Å². The van der Waals surface area contributed by atoms with Gasteiger partial charge in [-0.1, -0.05) is 100 Å². The Hall–Kier alpha value is -4.00. The Balaban J connectivity index is 1.54. The Morgan fingerprint density at radius 3 is 2.33 bits per heavy atom. The van der Waals surface area contributed by atoms with Crippen LogP contribution in [-0.4, -0.2) is 29.6 Å². The predicted molar refractivity (Wildman–Crippen MR) is 160 cm³/mol. The SMILES string of the molecule is O=C(c1ccc(Br)cc1)[C@@H]1[C@H](C(=O)c2ccccc2)[C@@]2(C(=O)Nc3ccccc32)[C@H]2C=Cc3cc(Cl)ccc3N12. The van der Waals surface area contributed by atoms with Crippen LogP contribution >= 0.6 is 27.5 Å². The summed E-state index contributed by atoms with van der Waals surface area (Å²) in [5.74, 6) is -1.77. The Labute approximate surface area is 244 Å². The number of rotatable bonds is 4. The quantitative estimate of drug-likeness (QED) is 0.254. The van der Waals surface area contributed by atoms with Crippen LogP contribution in [-0.2, 0) is 10.2 Å². The molecule has 4 aromatic carbocycles. The average Bonchev–Trinajstić information content (AvgIpc) is 3.45. The third-order valence-corrected chi connectivity index (χ3v) is 9.10. The molecule has 3 aliphatic rings. The summed E-state index contributed by atoms with van der Waals surface area (Å²) in [6.45, 7) is 0. The highest BCUT2D eigenvalue weighted by atomic mass is 79.9. The van der Waals surface area contributed by atoms with E-state index in [1.165, 1.54) is 0 Å². The number of halogens is 2. The summed E-state index contributed by atoms with van der Waals surface area (Å²) < 4.78 is 0.840. The zero-order chi connectivity index (χ0) is 27.6. The van der Waals surface area contributed by atoms with Crippen molar-refractivity contribution in [2.24, 2.45) is 5.92 Å². The van der Waals surface area contributed by atoms with Gasteiger partial charge in [-0.2, -0.15) is 0 Å². The lowest BCUT2D eigenvalue weighted by Crippen LogP contribution is -2.51. The first-order valence-corrected chi connectivity index (χ1v) is 14.1. The molecule has 196 valence electrons. The zero-order valence-corrected chi connectivity index (χ0v) is 23.4. The second-order valence-corrected chi connectivity index (χ2v) is 11.7. The molecule has 1 N–H and O–H groups in total. The van der Waals surface area contributed by atoms with Gasteiger partial charge >= 0.3 is 0 Å². The third-order valence-electron chi connectivity index (χ3n) is 8.33. The molecule has 1 saturated heterocycles. The molecule has 0 radical (unpaired) electrons. The van der Waals surface area contributed by atoms with E-state index in [4.69, 9.17) is 11.6 Å². The maximum Gasteiger partial charge on any atom is 0.238 e. The fraction of sp³-hybridized carbons (Fsp3) is 0.121. The Bertz CT molecular complexity index is 1740. The molecule has 7 heteroatoms. The molecule has 0 unspecified atom stereocenters. The minimum atomic E-state index is -1.34. The van der Waals surface area contributed by atoms with E-state index in [1.807, 2.05) is 71.6 Å². The first kappa shape index (κ1) is 25.0. The van der Waals surface area contributed by atoms with E-state index in [1.54, 1.807) is 42.5 Å². The zero-order valence-electron chi connectivity index (χ0n) is 21.1. The minimum Gasteiger partial charge on any atom is -0.352 e. The number of carbonyl (C=O) groups excluding carboxylic acids is 3. The van der Waals surface area contributed by atoms with Gasteiger partial charge in [0.15, 0.2) is 11.6 Å². The molecule has 0 aromatic heterocycles. The number of anilines is 2. The van der Waals surface area contributed by atoms with Crippen LogP contribution < -0.4 is 10.2 Å². The van der Waals surface area contributed by atoms with Gasteiger partial charge in [-0.05, 0) is 47.5 Å². The van der Waals surface area contributed by atoms with E-state index < -0.39 is 23.4 Å². The molecule has 1 amide bonds. The van der Waals surface area contributed by atoms with Gasteiger partial charge in [0.2, 0.25) is 5.91 Å². The number of para-hydroxylation sites is 1. The number of fused-ring (bicyclic) bond motifs is 6. The molecule has 3 aliphatic heterocycles. The van der Waals surface area contributed by atoms with Crippen molar-refractivity contribution in [3.05, 3.63) is 135 Å². The van der Waals surface area contributed by atoms with Crippen molar-refractivity contribution < 1.29 is 14.4 Å². The van der Waals surface area contributed by atoms with Gasteiger partial charge in [0.25, 0.3) is 0 Å². The predicted octanol–water partition coefficient (Wildman–Crippen LogP) is 6.96. The molecule has 3 heterocycles. The van der Waals surface area contributed by atoms with E-state index in [0.29, 0.717) is 21.8 Å². The lowest BCUT2D eigenvalue weighted by Gasteiger charge is -2.37. The van der Waals surface area contributed by atoms with Crippen LogP contribution in [0, 0.1) is 5.92 Å². The number of nitrogens with one attached hydrogen (secondary N) is 1. The van der Waals surface area contributed by atoms with Crippen LogP contribution in [0.15, 0.2) is 108 Å². The Kier molecular flexibility index (Phi) is 5.81. The van der Waals surface area contributed by atoms with Gasteiger partial charge in [0.05, 0.1) is 12.0 Å². The molecule has 0 saturated carbocycles. The smallest absolute Gasteiger partial charge is 0.238 e. The van der Waals surface area contributed by atoms with Crippen LogP contribution in [0.5, 0.6) is 0 Å². The van der Waals surface area contributed by atoms with Crippen LogP contribution in [0.25, 0.3) is 6.08 Å². The number of benzene rings is 4. The molecular formula is C33H22BrClN2O3. The van der Waals surface area contributed by atoms with E-state index in [9.17, 15) is 14.4 Å². The molecule has 7 rings (SSSR count). The van der Waals surface area contributed by atoms with Crippen LogP contribution in [0.2, 0.25) is 5.02 Å². The number of hydrogen-bond donors (Lipinski definition) is 1. The van der Waals surface area contributed by atoms with E-state index in [2.05, 4.69) is 21.2 Å². The highest BCUT2D eigenvalue weighted by Crippen LogP contribution is 2.58. The molecule has 4 atom stereocenters. The van der Waals surface area contributed by atoms with Crippen LogP contribution in [0.1, 0.15) is 31.8 Å². The van der Waals surface area contributed by atoms with Gasteiger partial charge in [-0.25, -0.2) is 0 Å². The van der Waals surface area contributed by atoms with Crippen molar-refractivity contribution in [3.8, 4) is 0 Å². The van der Waals surface area contributed by atoms with Crippen molar-refractivity contribution in [3.63, 3.8) is 0 Å². The molecule has 40 heavy (non-hydrogen) atoms. The monoisotopic (exact) mass is 608 g/mol. The topological polar surface area (TPSA) is 66.5 Å². The van der Waals surface area contributed by atoms with Gasteiger partial charge in [0.1, 0.15) is 11.5 Å². The second-order valence-electron chi connectivity index (χ2n) is 10.3. The first-order chi connectivity index (χ1) is 19.4. The maximum absolute atomic E-state index is 14.7. The second kappa shape index (κ2) is 9.29. The summed E-state index contributed by atoms with van der Waals surface area (Å²) in [5.41, 5.74) is 2.54. The molecule has 5 nitrogen and oxygen atoms in total. The molecule has 1 fully saturated rings. The average molecular weight is 610 g/mol. The fourth-order valence-electron chi connectivity index (χ4n) is 6.72. The summed E-state index contributed by atoms with van der Waals surface area (Å²) >= 11 is 9.81. The van der Waals surface area contributed by atoms with Crippen molar-refractivity contribution in [2.45, 2.75) is 17.5 Å². The molecule has 0 aliphatic carbocycles. The van der Waals surface area contributed by atoms with E-state index >= 15 is 0 Å². The van der Waals surface area contributed by atoms with Crippen molar-refractivity contribution in [1.29, 1.82) is 0 Å². The number of amides is 1. The summed E-state index contributed by atoms with van der Waals surface area (Å²) in [6.07, 6.45) is 3.88. The highest BCUT2D eigenvalue weighted by molar-refractivity contribution is 9.10. The number of hydrogen-bond acceptors (Lipinski definition) is 4. The van der Waals surface area contributed by atoms with Crippen molar-refractivity contribution in [1.82, 2.24) is 0 Å². The molecule has 1 spiro atoms. The molecule has 4 aromatic rings. The summed E-state index contributed by atoms with van der Waals surface area (Å²) in [4.78, 5) is 45.6. The van der Waals surface area contributed by atoms with Crippen LogP contribution in [0.4, 0.5) is 11.4 Å². The van der Waals surface area contributed by atoms with Crippen molar-refractivity contribution >= 4 is 62.5 Å². The fourth-order valence-corrected chi connectivity index (χ4v) is 7.16. The van der Waals surface area contributed by atoms with Crippen molar-refractivity contribution in [2.75, 3.05) is 10.2 Å². The highest BCUT2D eigenvalue weighted by Gasteiger charge is 2.70.